The maximum atomic E-state index is 14.2. The molecule has 2 aliphatic rings. The molecular formula is C43H46N2O9S2. The predicted octanol–water partition coefficient (Wildman–Crippen LogP) is 6.31. The molecule has 6 rings (SSSR count). The van der Waals surface area contributed by atoms with Crippen LogP contribution in [0, 0.1) is 11.8 Å². The first-order valence-electron chi connectivity index (χ1n) is 18.5. The Hall–Kier alpha value is -4.92. The third-order valence-corrected chi connectivity index (χ3v) is 11.6. The van der Waals surface area contributed by atoms with Crippen LogP contribution in [0.4, 0.5) is 0 Å². The minimum absolute atomic E-state index is 0.00790. The second kappa shape index (κ2) is 19.8. The van der Waals surface area contributed by atoms with Gasteiger partial charge in [-0.2, -0.15) is 0 Å². The number of carbonyl (C=O) groups excluding carboxylic acids is 2. The summed E-state index contributed by atoms with van der Waals surface area (Å²) in [5.41, 5.74) is 3.14. The molecule has 0 aliphatic carbocycles. The summed E-state index contributed by atoms with van der Waals surface area (Å²) in [6.45, 7) is 0.0426. The van der Waals surface area contributed by atoms with Gasteiger partial charge >= 0.3 is 0 Å². The summed E-state index contributed by atoms with van der Waals surface area (Å²) >= 11 is 2.75. The van der Waals surface area contributed by atoms with Crippen LogP contribution in [-0.4, -0.2) is 69.9 Å². The summed E-state index contributed by atoms with van der Waals surface area (Å²) in [6.07, 6.45) is -0.587. The van der Waals surface area contributed by atoms with Gasteiger partial charge in [0.2, 0.25) is 11.8 Å². The predicted molar refractivity (Wildman–Crippen MR) is 215 cm³/mol. The number of aliphatic hydroxyl groups excluding tert-OH is 5. The highest BCUT2D eigenvalue weighted by Gasteiger charge is 2.33. The lowest BCUT2D eigenvalue weighted by Crippen LogP contribution is -2.40. The number of aliphatic hydroxyl groups is 5. The zero-order chi connectivity index (χ0) is 39.4. The van der Waals surface area contributed by atoms with Gasteiger partial charge in [0.05, 0.1) is 19.3 Å². The first kappa shape index (κ1) is 40.7. The lowest BCUT2D eigenvalue weighted by Gasteiger charge is -2.29. The van der Waals surface area contributed by atoms with Crippen LogP contribution >= 0.6 is 23.5 Å². The summed E-state index contributed by atoms with van der Waals surface area (Å²) in [6, 6.07) is 27.8. The number of nitrogens with one attached hydrogen (secondary N) is 2. The molecule has 2 unspecified atom stereocenters. The van der Waals surface area contributed by atoms with Crippen molar-refractivity contribution in [2.45, 2.75) is 53.7 Å². The molecule has 2 heterocycles. The quantitative estimate of drug-likeness (QED) is 0.0600. The van der Waals surface area contributed by atoms with Crippen LogP contribution in [-0.2, 0) is 22.4 Å². The van der Waals surface area contributed by atoms with Crippen LogP contribution in [0.1, 0.15) is 47.2 Å². The molecule has 4 aromatic carbocycles. The minimum atomic E-state index is -1.10. The maximum Gasteiger partial charge on any atom is 0.224 e. The normalized spacial score (nSPS) is 17.6. The molecule has 11 nitrogen and oxygen atoms in total. The summed E-state index contributed by atoms with van der Waals surface area (Å²) < 4.78 is 11.0. The van der Waals surface area contributed by atoms with Gasteiger partial charge in [0.15, 0.2) is 0 Å². The van der Waals surface area contributed by atoms with Crippen molar-refractivity contribution in [2.24, 2.45) is 11.8 Å². The van der Waals surface area contributed by atoms with Gasteiger partial charge in [0, 0.05) is 32.4 Å². The third-order valence-electron chi connectivity index (χ3n) is 9.62. The molecule has 2 aliphatic heterocycles. The Labute approximate surface area is 334 Å². The van der Waals surface area contributed by atoms with E-state index in [4.69, 9.17) is 19.7 Å². The van der Waals surface area contributed by atoms with Gasteiger partial charge in [-0.25, -0.2) is 0 Å². The monoisotopic (exact) mass is 798 g/mol. The van der Waals surface area contributed by atoms with Crippen LogP contribution < -0.4 is 20.1 Å². The Morgan fingerprint density at radius 2 is 1.00 bits per heavy atom. The summed E-state index contributed by atoms with van der Waals surface area (Å²) in [5.74, 6) is -1.11. The SMILES string of the molecule is O=C(NC1C(O)=CSc2ccccc21)[C@H](Cc1ccc(OCCO)cc1)CC(O)C[C@@H](Cc1ccc(OCCO)cc1)C(=O)NC1C(O)=CSc2ccccc21. The number of benzene rings is 4. The summed E-state index contributed by atoms with van der Waals surface area (Å²) in [4.78, 5) is 30.2. The summed E-state index contributed by atoms with van der Waals surface area (Å²) in [5, 5.41) is 61.1. The molecule has 294 valence electrons. The molecule has 2 amide bonds. The molecule has 0 saturated carbocycles. The Kier molecular flexibility index (Phi) is 14.4. The molecule has 0 radical (unpaired) electrons. The number of amides is 2. The zero-order valence-electron chi connectivity index (χ0n) is 30.6. The maximum absolute atomic E-state index is 14.2. The smallest absolute Gasteiger partial charge is 0.224 e. The van der Waals surface area contributed by atoms with Crippen molar-refractivity contribution in [3.8, 4) is 11.5 Å². The van der Waals surface area contributed by atoms with E-state index in [9.17, 15) is 24.9 Å². The van der Waals surface area contributed by atoms with Gasteiger partial charge < -0.3 is 45.6 Å². The van der Waals surface area contributed by atoms with E-state index in [-0.39, 0.29) is 75.4 Å². The van der Waals surface area contributed by atoms with Crippen molar-refractivity contribution in [2.75, 3.05) is 26.4 Å². The number of fused-ring (bicyclic) bond motifs is 2. The van der Waals surface area contributed by atoms with Crippen molar-refractivity contribution < 1.29 is 44.6 Å². The van der Waals surface area contributed by atoms with Crippen LogP contribution in [0.25, 0.3) is 0 Å². The van der Waals surface area contributed by atoms with Gasteiger partial charge in [-0.15, -0.1) is 0 Å². The van der Waals surface area contributed by atoms with Gasteiger partial charge in [0.1, 0.15) is 48.3 Å². The molecule has 0 aromatic heterocycles. The third kappa shape index (κ3) is 10.7. The summed E-state index contributed by atoms with van der Waals surface area (Å²) in [7, 11) is 0. The van der Waals surface area contributed by atoms with Crippen LogP contribution in [0.2, 0.25) is 0 Å². The van der Waals surface area contributed by atoms with E-state index >= 15 is 0 Å². The molecule has 0 fully saturated rings. The number of hydrogen-bond acceptors (Lipinski definition) is 11. The largest absolute Gasteiger partial charge is 0.509 e. The minimum Gasteiger partial charge on any atom is -0.509 e. The second-order valence-corrected chi connectivity index (χ2v) is 15.5. The topological polar surface area (TPSA) is 178 Å². The van der Waals surface area contributed by atoms with Crippen molar-refractivity contribution in [1.82, 2.24) is 10.6 Å². The molecule has 0 spiro atoms. The zero-order valence-corrected chi connectivity index (χ0v) is 32.3. The molecule has 0 saturated heterocycles. The lowest BCUT2D eigenvalue weighted by atomic mass is 9.86. The standard InChI is InChI=1S/C43H46N2O9S2/c46-17-19-53-32-13-9-27(10-14-32)21-29(42(51)44-40-34-5-1-3-7-38(34)55-25-36(40)49)23-31(48)24-30(22-28-11-15-33(16-12-28)54-20-18-47)43(52)45-41-35-6-2-4-8-39(35)56-26-37(41)50/h1-16,25-26,29-31,40-41,46-50H,17-24H2,(H,44,51)(H,45,52)/t29-,30-,31?,40?,41?/m1/s1. The number of carbonyl (C=O) groups is 2. The van der Waals surface area contributed by atoms with Crippen molar-refractivity contribution in [1.29, 1.82) is 0 Å². The van der Waals surface area contributed by atoms with Gasteiger partial charge in [-0.1, -0.05) is 84.2 Å². The number of thioether (sulfide) groups is 2. The molecular weight excluding hydrogens is 753 g/mol. The van der Waals surface area contributed by atoms with Crippen LogP contribution in [0.15, 0.2) is 129 Å². The molecule has 13 heteroatoms. The van der Waals surface area contributed by atoms with E-state index in [1.165, 1.54) is 23.5 Å². The first-order valence-corrected chi connectivity index (χ1v) is 20.2. The number of hydrogen-bond donors (Lipinski definition) is 7. The Morgan fingerprint density at radius 1 is 0.607 bits per heavy atom. The second-order valence-electron chi connectivity index (χ2n) is 13.6. The Balaban J connectivity index is 1.23. The van der Waals surface area contributed by atoms with Crippen molar-refractivity contribution in [3.63, 3.8) is 0 Å². The molecule has 4 atom stereocenters. The molecule has 7 N–H and O–H groups in total. The Bertz CT molecular complexity index is 1860. The number of rotatable bonds is 18. The van der Waals surface area contributed by atoms with E-state index < -0.39 is 30.0 Å². The van der Waals surface area contributed by atoms with E-state index in [0.717, 1.165) is 32.0 Å². The molecule has 0 bridgehead atoms. The first-order chi connectivity index (χ1) is 27.2. The van der Waals surface area contributed by atoms with Crippen molar-refractivity contribution >= 4 is 35.3 Å². The highest BCUT2D eigenvalue weighted by atomic mass is 32.2. The fourth-order valence-corrected chi connectivity index (χ4v) is 8.56. The van der Waals surface area contributed by atoms with E-state index in [2.05, 4.69) is 10.6 Å². The fourth-order valence-electron chi connectivity index (χ4n) is 6.84. The van der Waals surface area contributed by atoms with Crippen LogP contribution in [0.3, 0.4) is 0 Å². The van der Waals surface area contributed by atoms with Gasteiger partial charge in [0.25, 0.3) is 0 Å². The lowest BCUT2D eigenvalue weighted by molar-refractivity contribution is -0.127. The van der Waals surface area contributed by atoms with E-state index in [0.29, 0.717) is 11.5 Å². The van der Waals surface area contributed by atoms with Crippen LogP contribution in [0.5, 0.6) is 11.5 Å². The molecule has 56 heavy (non-hydrogen) atoms. The average Bonchev–Trinajstić information content (AvgIpc) is 3.21. The van der Waals surface area contributed by atoms with Crippen molar-refractivity contribution in [3.05, 3.63) is 142 Å². The fraction of sp³-hybridized carbons (Fsp3) is 0.302. The van der Waals surface area contributed by atoms with Gasteiger partial charge in [-0.05, 0) is 84.3 Å². The molecule has 4 aromatic rings. The average molecular weight is 799 g/mol. The highest BCUT2D eigenvalue weighted by Crippen LogP contribution is 2.39. The highest BCUT2D eigenvalue weighted by molar-refractivity contribution is 8.02. The van der Waals surface area contributed by atoms with E-state index in [1.807, 2.05) is 72.8 Å². The number of ether oxygens (including phenoxy) is 2. The van der Waals surface area contributed by atoms with Gasteiger partial charge in [-0.3, -0.25) is 9.59 Å². The van der Waals surface area contributed by atoms with E-state index in [1.54, 1.807) is 35.1 Å². The Morgan fingerprint density at radius 3 is 1.39 bits per heavy atom.